The molecule has 0 spiro atoms. The van der Waals surface area contributed by atoms with Crippen molar-refractivity contribution in [3.05, 3.63) is 23.5 Å². The van der Waals surface area contributed by atoms with Gasteiger partial charge in [0.2, 0.25) is 5.88 Å². The predicted octanol–water partition coefficient (Wildman–Crippen LogP) is 3.16. The number of aryl methyl sites for hydroxylation is 2. The molecule has 2 aromatic rings. The quantitative estimate of drug-likeness (QED) is 0.941. The van der Waals surface area contributed by atoms with Gasteiger partial charge in [0, 0.05) is 23.9 Å². The zero-order valence-corrected chi connectivity index (χ0v) is 12.0. The number of nitrogens with zero attached hydrogens (tertiary/aromatic N) is 1. The summed E-state index contributed by atoms with van der Waals surface area (Å²) in [6, 6.07) is 2.02. The zero-order valence-electron chi connectivity index (χ0n) is 11.2. The molecule has 0 aromatic carbocycles. The van der Waals surface area contributed by atoms with Crippen LogP contribution in [0.25, 0.3) is 10.9 Å². The number of aromatic nitrogens is 2. The molecule has 0 amide bonds. The Morgan fingerprint density at radius 3 is 3.05 bits per heavy atom. The highest BCUT2D eigenvalue weighted by Gasteiger charge is 2.17. The van der Waals surface area contributed by atoms with Crippen molar-refractivity contribution in [3.8, 4) is 5.88 Å². The van der Waals surface area contributed by atoms with Gasteiger partial charge in [-0.15, -0.1) is 12.4 Å². The minimum atomic E-state index is 0. The lowest BCUT2D eigenvalue weighted by Gasteiger charge is -2.11. The largest absolute Gasteiger partial charge is 0.473 e. The van der Waals surface area contributed by atoms with Crippen LogP contribution in [-0.4, -0.2) is 29.3 Å². The summed E-state index contributed by atoms with van der Waals surface area (Å²) in [5.41, 5.74) is 3.42. The minimum Gasteiger partial charge on any atom is -0.473 e. The van der Waals surface area contributed by atoms with Gasteiger partial charge >= 0.3 is 0 Å². The smallest absolute Gasteiger partial charge is 0.238 e. The van der Waals surface area contributed by atoms with E-state index in [-0.39, 0.29) is 18.5 Å². The van der Waals surface area contributed by atoms with Crippen LogP contribution in [0.5, 0.6) is 5.88 Å². The monoisotopic (exact) mass is 282 g/mol. The summed E-state index contributed by atoms with van der Waals surface area (Å²) in [5, 5.41) is 1.19. The summed E-state index contributed by atoms with van der Waals surface area (Å²) >= 11 is 0. The molecule has 4 nitrogen and oxygen atoms in total. The first kappa shape index (κ1) is 14.2. The number of ether oxygens (including phenoxy) is 2. The average molecular weight is 283 g/mol. The molecule has 0 radical (unpaired) electrons. The molecule has 1 atom stereocenters. The highest BCUT2D eigenvalue weighted by Crippen LogP contribution is 2.27. The van der Waals surface area contributed by atoms with Crippen LogP contribution in [0.1, 0.15) is 24.1 Å². The predicted molar refractivity (Wildman–Crippen MR) is 77.3 cm³/mol. The van der Waals surface area contributed by atoms with Crippen LogP contribution in [0.2, 0.25) is 0 Å². The molecule has 3 heterocycles. The molecule has 1 aliphatic heterocycles. The molecule has 5 heteroatoms. The van der Waals surface area contributed by atoms with Gasteiger partial charge in [-0.25, -0.2) is 4.98 Å². The Kier molecular flexibility index (Phi) is 4.32. The van der Waals surface area contributed by atoms with E-state index in [2.05, 4.69) is 23.8 Å². The van der Waals surface area contributed by atoms with Gasteiger partial charge in [0.05, 0.1) is 6.10 Å². The third-order valence-electron chi connectivity index (χ3n) is 3.63. The standard InChI is InChI=1S/C14H18N2O2.ClH/c1-9-10(2)16-13-12(9)5-6-15-14(13)18-8-11-4-3-7-17-11;/h5-6,11,16H,3-4,7-8H2,1-2H3;1H. The fourth-order valence-electron chi connectivity index (χ4n) is 2.42. The van der Waals surface area contributed by atoms with Gasteiger partial charge in [0.25, 0.3) is 0 Å². The number of fused-ring (bicyclic) bond motifs is 1. The summed E-state index contributed by atoms with van der Waals surface area (Å²) in [7, 11) is 0. The number of H-pyrrole nitrogens is 1. The van der Waals surface area contributed by atoms with Gasteiger partial charge in [-0.3, -0.25) is 0 Å². The molecule has 0 bridgehead atoms. The van der Waals surface area contributed by atoms with Crippen LogP contribution in [0.3, 0.4) is 0 Å². The molecule has 104 valence electrons. The van der Waals surface area contributed by atoms with E-state index in [1.54, 1.807) is 6.20 Å². The second kappa shape index (κ2) is 5.80. The molecular formula is C14H19ClN2O2. The minimum absolute atomic E-state index is 0. The number of nitrogens with one attached hydrogen (secondary N) is 1. The van der Waals surface area contributed by atoms with E-state index >= 15 is 0 Å². The van der Waals surface area contributed by atoms with Crippen molar-refractivity contribution in [1.82, 2.24) is 9.97 Å². The van der Waals surface area contributed by atoms with Crippen LogP contribution in [0.15, 0.2) is 12.3 Å². The summed E-state index contributed by atoms with van der Waals surface area (Å²) in [5.74, 6) is 0.680. The Morgan fingerprint density at radius 1 is 1.47 bits per heavy atom. The van der Waals surface area contributed by atoms with Crippen molar-refractivity contribution in [2.45, 2.75) is 32.8 Å². The van der Waals surface area contributed by atoms with E-state index in [9.17, 15) is 0 Å². The van der Waals surface area contributed by atoms with Crippen LogP contribution < -0.4 is 4.74 Å². The number of rotatable bonds is 3. The second-order valence-corrected chi connectivity index (χ2v) is 4.86. The van der Waals surface area contributed by atoms with E-state index in [4.69, 9.17) is 9.47 Å². The average Bonchev–Trinajstić information content (AvgIpc) is 2.98. The van der Waals surface area contributed by atoms with Crippen molar-refractivity contribution in [2.75, 3.05) is 13.2 Å². The molecule has 1 aliphatic rings. The lowest BCUT2D eigenvalue weighted by molar-refractivity contribution is 0.0669. The Hall–Kier alpha value is -1.26. The highest BCUT2D eigenvalue weighted by molar-refractivity contribution is 5.87. The van der Waals surface area contributed by atoms with Gasteiger partial charge in [0.1, 0.15) is 12.1 Å². The SMILES string of the molecule is Cc1[nH]c2c(OCC3CCCO3)nccc2c1C.Cl. The molecule has 2 aromatic heterocycles. The Balaban J connectivity index is 0.00000133. The maximum Gasteiger partial charge on any atom is 0.238 e. The molecule has 1 unspecified atom stereocenters. The van der Waals surface area contributed by atoms with Crippen molar-refractivity contribution in [1.29, 1.82) is 0 Å². The fraction of sp³-hybridized carbons (Fsp3) is 0.500. The van der Waals surface area contributed by atoms with Gasteiger partial charge in [-0.1, -0.05) is 0 Å². The maximum absolute atomic E-state index is 5.80. The molecule has 1 N–H and O–H groups in total. The Morgan fingerprint density at radius 2 is 2.32 bits per heavy atom. The Bertz CT molecular complexity index is 562. The lowest BCUT2D eigenvalue weighted by atomic mass is 10.2. The molecule has 1 saturated heterocycles. The first-order valence-corrected chi connectivity index (χ1v) is 6.44. The molecule has 1 fully saturated rings. The molecule has 0 aliphatic carbocycles. The zero-order chi connectivity index (χ0) is 12.5. The van der Waals surface area contributed by atoms with Gasteiger partial charge in [0.15, 0.2) is 0 Å². The maximum atomic E-state index is 5.80. The van der Waals surface area contributed by atoms with Crippen molar-refractivity contribution < 1.29 is 9.47 Å². The first-order valence-electron chi connectivity index (χ1n) is 6.44. The lowest BCUT2D eigenvalue weighted by Crippen LogP contribution is -2.16. The topological polar surface area (TPSA) is 47.1 Å². The van der Waals surface area contributed by atoms with Crippen LogP contribution in [0, 0.1) is 13.8 Å². The van der Waals surface area contributed by atoms with Gasteiger partial charge in [-0.2, -0.15) is 0 Å². The van der Waals surface area contributed by atoms with E-state index < -0.39 is 0 Å². The van der Waals surface area contributed by atoms with Crippen molar-refractivity contribution in [3.63, 3.8) is 0 Å². The third kappa shape index (κ3) is 2.69. The van der Waals surface area contributed by atoms with Crippen molar-refractivity contribution >= 4 is 23.3 Å². The number of halogens is 1. The fourth-order valence-corrected chi connectivity index (χ4v) is 2.42. The molecule has 3 rings (SSSR count). The van der Waals surface area contributed by atoms with Crippen molar-refractivity contribution in [2.24, 2.45) is 0 Å². The summed E-state index contributed by atoms with van der Waals surface area (Å²) < 4.78 is 11.4. The van der Waals surface area contributed by atoms with E-state index in [1.165, 1.54) is 16.6 Å². The Labute approximate surface area is 118 Å². The van der Waals surface area contributed by atoms with E-state index in [1.807, 2.05) is 6.07 Å². The molecule has 0 saturated carbocycles. The number of pyridine rings is 1. The van der Waals surface area contributed by atoms with Crippen LogP contribution in [0.4, 0.5) is 0 Å². The number of hydrogen-bond donors (Lipinski definition) is 1. The normalized spacial score (nSPS) is 18.5. The summed E-state index contributed by atoms with van der Waals surface area (Å²) in [4.78, 5) is 7.66. The molecular weight excluding hydrogens is 264 g/mol. The van der Waals surface area contributed by atoms with Gasteiger partial charge < -0.3 is 14.5 Å². The highest BCUT2D eigenvalue weighted by atomic mass is 35.5. The van der Waals surface area contributed by atoms with Gasteiger partial charge in [-0.05, 0) is 38.3 Å². The summed E-state index contributed by atoms with van der Waals surface area (Å²) in [6.45, 7) is 5.62. The molecule has 19 heavy (non-hydrogen) atoms. The first-order chi connectivity index (χ1) is 8.75. The van der Waals surface area contributed by atoms with Crippen LogP contribution >= 0.6 is 12.4 Å². The third-order valence-corrected chi connectivity index (χ3v) is 3.63. The number of aromatic amines is 1. The van der Waals surface area contributed by atoms with E-state index in [0.717, 1.165) is 25.0 Å². The van der Waals surface area contributed by atoms with Crippen LogP contribution in [-0.2, 0) is 4.74 Å². The number of hydrogen-bond acceptors (Lipinski definition) is 3. The summed E-state index contributed by atoms with van der Waals surface area (Å²) in [6.07, 6.45) is 4.23. The van der Waals surface area contributed by atoms with E-state index in [0.29, 0.717) is 12.5 Å². The second-order valence-electron chi connectivity index (χ2n) is 4.86.